The second kappa shape index (κ2) is 24.5. The maximum absolute atomic E-state index is 7.25. The number of unbranched alkanes of at least 4 members (excludes halogenated alkanes) is 16. The summed E-state index contributed by atoms with van der Waals surface area (Å²) in [4.78, 5) is 0. The van der Waals surface area contributed by atoms with Gasteiger partial charge in [-0.3, -0.25) is 0 Å². The molecule has 5 aromatic rings. The van der Waals surface area contributed by atoms with Gasteiger partial charge in [-0.2, -0.15) is 0 Å². The lowest BCUT2D eigenvalue weighted by Gasteiger charge is -2.21. The number of fused-ring (bicyclic) bond motifs is 6. The highest BCUT2D eigenvalue weighted by Gasteiger charge is 2.28. The van der Waals surface area contributed by atoms with E-state index in [0.717, 1.165) is 24.7 Å². The number of hydrogen-bond acceptors (Lipinski definition) is 6. The summed E-state index contributed by atoms with van der Waals surface area (Å²) >= 11 is 15.2. The zero-order valence-corrected chi connectivity index (χ0v) is 40.3. The van der Waals surface area contributed by atoms with Gasteiger partial charge in [0.05, 0.1) is 50.4 Å². The van der Waals surface area contributed by atoms with Gasteiger partial charge in [-0.15, -0.1) is 45.3 Å². The van der Waals surface area contributed by atoms with Gasteiger partial charge in [0.15, 0.2) is 0 Å². The van der Waals surface area contributed by atoms with Crippen molar-refractivity contribution in [3.05, 3.63) is 19.7 Å². The molecule has 2 atom stereocenters. The van der Waals surface area contributed by atoms with Crippen LogP contribution in [-0.4, -0.2) is 13.2 Å². The second-order valence-electron chi connectivity index (χ2n) is 15.9. The average molecular weight is 941 g/mol. The number of thiophene rings is 4. The van der Waals surface area contributed by atoms with Crippen molar-refractivity contribution >= 4 is 116 Å². The molecule has 4 heterocycles. The van der Waals surface area contributed by atoms with E-state index in [1.807, 2.05) is 45.3 Å². The highest BCUT2D eigenvalue weighted by molar-refractivity contribution is 9.11. The Morgan fingerprint density at radius 2 is 0.741 bits per heavy atom. The van der Waals surface area contributed by atoms with Crippen molar-refractivity contribution in [2.75, 3.05) is 13.2 Å². The molecule has 5 rings (SSSR count). The molecule has 0 aliphatic rings. The molecule has 0 amide bonds. The predicted molar refractivity (Wildman–Crippen MR) is 255 cm³/mol. The summed E-state index contributed by atoms with van der Waals surface area (Å²) < 4.78 is 24.8. The fourth-order valence-corrected chi connectivity index (χ4v) is 14.6. The van der Waals surface area contributed by atoms with Gasteiger partial charge in [0, 0.05) is 9.40 Å². The largest absolute Gasteiger partial charge is 0.491 e. The average Bonchev–Trinajstić information content (AvgIpc) is 3.90. The summed E-state index contributed by atoms with van der Waals surface area (Å²) in [5.74, 6) is 3.43. The van der Waals surface area contributed by atoms with Gasteiger partial charge in [0.2, 0.25) is 0 Å². The predicted octanol–water partition coefficient (Wildman–Crippen LogP) is 19.5. The summed E-state index contributed by atoms with van der Waals surface area (Å²) in [6, 6.07) is 4.63. The van der Waals surface area contributed by atoms with E-state index in [1.54, 1.807) is 0 Å². The van der Waals surface area contributed by atoms with Crippen LogP contribution >= 0.6 is 77.2 Å². The lowest BCUT2D eigenvalue weighted by atomic mass is 9.95. The third-order valence-electron chi connectivity index (χ3n) is 11.3. The standard InChI is InChI=1S/C46H68Br2O2S4/c1-5-9-13-17-19-23-27-33(25-21-15-11-7-3)31-49-41-39-43-35(29-37(47)53-43)52-46(39)42(40-44-36(51-45(40)41)30-38(48)54-44)50-32-34(26-22-16-12-8-4)28-24-20-18-14-10-6-2/h29-30,33-34H,5-28,31-32H2,1-4H3. The molecule has 0 bridgehead atoms. The van der Waals surface area contributed by atoms with Crippen LogP contribution < -0.4 is 9.47 Å². The molecule has 0 radical (unpaired) electrons. The lowest BCUT2D eigenvalue weighted by molar-refractivity contribution is 0.226. The maximum Gasteiger partial charge on any atom is 0.147 e. The number of ether oxygens (including phenoxy) is 2. The Morgan fingerprint density at radius 1 is 0.426 bits per heavy atom. The summed E-state index contributed by atoms with van der Waals surface area (Å²) in [7, 11) is 0. The number of halogens is 2. The van der Waals surface area contributed by atoms with Crippen LogP contribution in [0.5, 0.6) is 11.5 Å². The van der Waals surface area contributed by atoms with Crippen LogP contribution in [0.15, 0.2) is 19.7 Å². The molecule has 54 heavy (non-hydrogen) atoms. The van der Waals surface area contributed by atoms with E-state index in [2.05, 4.69) is 71.7 Å². The molecule has 0 aliphatic heterocycles. The van der Waals surface area contributed by atoms with Crippen LogP contribution in [-0.2, 0) is 0 Å². The lowest BCUT2D eigenvalue weighted by Crippen LogP contribution is -2.14. The number of benzene rings is 1. The van der Waals surface area contributed by atoms with Gasteiger partial charge in [0.25, 0.3) is 0 Å². The summed E-state index contributed by atoms with van der Waals surface area (Å²) in [5, 5.41) is 2.58. The van der Waals surface area contributed by atoms with Crippen LogP contribution in [0.3, 0.4) is 0 Å². The highest BCUT2D eigenvalue weighted by atomic mass is 79.9. The Bertz CT molecular complexity index is 1670. The normalized spacial score (nSPS) is 13.3. The zero-order valence-electron chi connectivity index (χ0n) is 33.9. The summed E-state index contributed by atoms with van der Waals surface area (Å²) in [6.07, 6.45) is 31.9. The van der Waals surface area contributed by atoms with Gasteiger partial charge >= 0.3 is 0 Å². The topological polar surface area (TPSA) is 18.5 Å². The Labute approximate surface area is 360 Å². The van der Waals surface area contributed by atoms with Crippen molar-refractivity contribution in [3.63, 3.8) is 0 Å². The minimum absolute atomic E-state index is 0.601. The van der Waals surface area contributed by atoms with Crippen LogP contribution in [0.25, 0.3) is 39.0 Å². The second-order valence-corrected chi connectivity index (χ2v) is 22.9. The van der Waals surface area contributed by atoms with Crippen molar-refractivity contribution in [3.8, 4) is 11.5 Å². The van der Waals surface area contributed by atoms with Crippen molar-refractivity contribution in [2.24, 2.45) is 11.8 Å². The van der Waals surface area contributed by atoms with Gasteiger partial charge in [-0.05, 0) is 81.5 Å². The van der Waals surface area contributed by atoms with Gasteiger partial charge in [-0.1, -0.05) is 156 Å². The molecule has 0 N–H and O–H groups in total. The molecule has 0 saturated carbocycles. The molecule has 0 fully saturated rings. The van der Waals surface area contributed by atoms with Crippen LogP contribution in [0.4, 0.5) is 0 Å². The summed E-state index contributed by atoms with van der Waals surface area (Å²) in [5.41, 5.74) is 0. The number of hydrogen-bond donors (Lipinski definition) is 0. The van der Waals surface area contributed by atoms with E-state index >= 15 is 0 Å². The Hall–Kier alpha value is -0.380. The Balaban J connectivity index is 1.47. The first-order valence-electron chi connectivity index (χ1n) is 21.9. The van der Waals surface area contributed by atoms with Gasteiger partial charge in [-0.25, -0.2) is 0 Å². The van der Waals surface area contributed by atoms with Crippen molar-refractivity contribution < 1.29 is 9.47 Å². The number of rotatable bonds is 30. The molecule has 0 aliphatic carbocycles. The molecule has 4 aromatic heterocycles. The van der Waals surface area contributed by atoms with E-state index in [9.17, 15) is 0 Å². The first-order chi connectivity index (χ1) is 26.5. The van der Waals surface area contributed by atoms with E-state index in [4.69, 9.17) is 9.47 Å². The van der Waals surface area contributed by atoms with Crippen LogP contribution in [0.1, 0.15) is 182 Å². The molecular formula is C46H68Br2O2S4. The molecular weight excluding hydrogens is 873 g/mol. The fourth-order valence-electron chi connectivity index (χ4n) is 8.13. The van der Waals surface area contributed by atoms with Crippen LogP contribution in [0.2, 0.25) is 0 Å². The van der Waals surface area contributed by atoms with Crippen LogP contribution in [0, 0.1) is 11.8 Å². The molecule has 0 saturated heterocycles. The van der Waals surface area contributed by atoms with Crippen molar-refractivity contribution in [1.29, 1.82) is 0 Å². The minimum Gasteiger partial charge on any atom is -0.491 e. The van der Waals surface area contributed by atoms with Gasteiger partial charge in [0.1, 0.15) is 11.5 Å². The first-order valence-corrected chi connectivity index (χ1v) is 26.8. The molecule has 0 spiro atoms. The van der Waals surface area contributed by atoms with Gasteiger partial charge < -0.3 is 9.47 Å². The monoisotopic (exact) mass is 938 g/mol. The van der Waals surface area contributed by atoms with E-state index in [-0.39, 0.29) is 0 Å². The minimum atomic E-state index is 0.601. The molecule has 1 aromatic carbocycles. The maximum atomic E-state index is 7.25. The molecule has 2 unspecified atom stereocenters. The quantitative estimate of drug-likeness (QED) is 0.0427. The Morgan fingerprint density at radius 3 is 1.09 bits per heavy atom. The molecule has 2 nitrogen and oxygen atoms in total. The van der Waals surface area contributed by atoms with E-state index in [0.29, 0.717) is 11.8 Å². The fraction of sp³-hybridized carbons (Fsp3) is 0.696. The summed E-state index contributed by atoms with van der Waals surface area (Å²) in [6.45, 7) is 10.9. The smallest absolute Gasteiger partial charge is 0.147 e. The Kier molecular flexibility index (Phi) is 20.3. The zero-order chi connectivity index (χ0) is 38.1. The third-order valence-corrected chi connectivity index (χ3v) is 17.2. The van der Waals surface area contributed by atoms with Crippen molar-refractivity contribution in [1.82, 2.24) is 0 Å². The molecule has 8 heteroatoms. The van der Waals surface area contributed by atoms with E-state index in [1.165, 1.54) is 201 Å². The highest BCUT2D eigenvalue weighted by Crippen LogP contribution is 2.57. The first kappa shape index (κ1) is 44.7. The van der Waals surface area contributed by atoms with Crippen molar-refractivity contribution in [2.45, 2.75) is 182 Å². The molecule has 302 valence electrons. The third kappa shape index (κ3) is 12.8. The van der Waals surface area contributed by atoms with E-state index < -0.39 is 0 Å². The SMILES string of the molecule is CCCCCCCCC(CCCCCC)COc1c2sc3cc(Br)sc3c2c(OCC(CCCCCC)CCCCCCCC)c2sc3cc(Br)sc3c12.